The first-order valence-electron chi connectivity index (χ1n) is 6.55. The fourth-order valence-corrected chi connectivity index (χ4v) is 2.12. The predicted octanol–water partition coefficient (Wildman–Crippen LogP) is 3.65. The lowest BCUT2D eigenvalue weighted by Crippen LogP contribution is -2.04. The molecule has 2 rings (SSSR count). The average molecular weight is 308 g/mol. The Bertz CT molecular complexity index is 629. The van der Waals surface area contributed by atoms with Crippen LogP contribution in [-0.4, -0.2) is 12.2 Å². The van der Waals surface area contributed by atoms with Crippen molar-refractivity contribution in [3.05, 3.63) is 52.5 Å². The van der Waals surface area contributed by atoms with Gasteiger partial charge < -0.3 is 20.3 Å². The molecule has 4 nitrogen and oxygen atoms in total. The number of rotatable bonds is 5. The molecular formula is C16H18ClNO3. The van der Waals surface area contributed by atoms with Gasteiger partial charge in [0.15, 0.2) is 11.5 Å². The molecule has 0 heterocycles. The number of aliphatic hydroxyl groups excluding tert-OH is 1. The van der Waals surface area contributed by atoms with Gasteiger partial charge in [-0.3, -0.25) is 0 Å². The molecule has 2 aromatic carbocycles. The van der Waals surface area contributed by atoms with Crippen molar-refractivity contribution in [2.45, 2.75) is 19.6 Å². The molecule has 2 aromatic rings. The minimum Gasteiger partial charge on any atom is -0.493 e. The fraction of sp³-hybridized carbons (Fsp3) is 0.250. The van der Waals surface area contributed by atoms with Gasteiger partial charge in [-0.15, -0.1) is 0 Å². The Labute approximate surface area is 129 Å². The first-order valence-corrected chi connectivity index (χ1v) is 6.93. The standard InChI is InChI=1S/C16H18ClNO3/c1-10(18)12-4-6-14(13(17)8-12)21-15-5-3-11(9-19)7-16(15)20-2/h3-8,10,19H,9,18H2,1-2H3/t10-/m1/s1. The van der Waals surface area contributed by atoms with Crippen molar-refractivity contribution >= 4 is 11.6 Å². The molecule has 5 heteroatoms. The molecule has 21 heavy (non-hydrogen) atoms. The molecule has 0 unspecified atom stereocenters. The molecule has 0 spiro atoms. The van der Waals surface area contributed by atoms with E-state index < -0.39 is 0 Å². The zero-order valence-corrected chi connectivity index (χ0v) is 12.7. The van der Waals surface area contributed by atoms with Crippen LogP contribution in [0.3, 0.4) is 0 Å². The predicted molar refractivity (Wildman–Crippen MR) is 83.0 cm³/mol. The summed E-state index contributed by atoms with van der Waals surface area (Å²) in [7, 11) is 1.55. The van der Waals surface area contributed by atoms with Gasteiger partial charge in [-0.25, -0.2) is 0 Å². The minimum atomic E-state index is -0.0880. The lowest BCUT2D eigenvalue weighted by Gasteiger charge is -2.14. The minimum absolute atomic E-state index is 0.0551. The van der Waals surface area contributed by atoms with E-state index in [0.717, 1.165) is 11.1 Å². The van der Waals surface area contributed by atoms with Crippen molar-refractivity contribution in [1.82, 2.24) is 0 Å². The third-order valence-corrected chi connectivity index (χ3v) is 3.41. The Kier molecular flexibility index (Phi) is 5.07. The summed E-state index contributed by atoms with van der Waals surface area (Å²) in [5, 5.41) is 9.62. The average Bonchev–Trinajstić information content (AvgIpc) is 2.49. The van der Waals surface area contributed by atoms with Gasteiger partial charge in [0.05, 0.1) is 18.7 Å². The number of ether oxygens (including phenoxy) is 2. The molecule has 112 valence electrons. The Morgan fingerprint density at radius 2 is 1.86 bits per heavy atom. The summed E-state index contributed by atoms with van der Waals surface area (Å²) in [4.78, 5) is 0. The van der Waals surface area contributed by atoms with E-state index in [2.05, 4.69) is 0 Å². The van der Waals surface area contributed by atoms with Crippen molar-refractivity contribution in [1.29, 1.82) is 0 Å². The van der Waals surface area contributed by atoms with Gasteiger partial charge in [0.2, 0.25) is 0 Å². The molecule has 0 saturated heterocycles. The van der Waals surface area contributed by atoms with E-state index in [1.54, 1.807) is 37.4 Å². The normalized spacial score (nSPS) is 12.0. The molecule has 0 fully saturated rings. The fourth-order valence-electron chi connectivity index (χ4n) is 1.90. The summed E-state index contributed by atoms with van der Waals surface area (Å²) in [6.45, 7) is 1.84. The third-order valence-electron chi connectivity index (χ3n) is 3.11. The van der Waals surface area contributed by atoms with E-state index in [4.69, 9.17) is 31.9 Å². The van der Waals surface area contributed by atoms with Crippen LogP contribution in [0.15, 0.2) is 36.4 Å². The largest absolute Gasteiger partial charge is 0.493 e. The van der Waals surface area contributed by atoms with Crippen LogP contribution in [0.5, 0.6) is 17.2 Å². The van der Waals surface area contributed by atoms with Crippen LogP contribution in [0.2, 0.25) is 5.02 Å². The third kappa shape index (κ3) is 3.67. The maximum atomic E-state index is 9.14. The highest BCUT2D eigenvalue weighted by atomic mass is 35.5. The quantitative estimate of drug-likeness (QED) is 0.885. The van der Waals surface area contributed by atoms with Crippen LogP contribution < -0.4 is 15.2 Å². The molecule has 0 saturated carbocycles. The van der Waals surface area contributed by atoms with E-state index in [9.17, 15) is 0 Å². The second-order valence-corrected chi connectivity index (χ2v) is 5.13. The van der Waals surface area contributed by atoms with Crippen LogP contribution in [0.25, 0.3) is 0 Å². The summed E-state index contributed by atoms with van der Waals surface area (Å²) >= 11 is 6.22. The monoisotopic (exact) mass is 307 g/mol. The zero-order chi connectivity index (χ0) is 15.4. The van der Waals surface area contributed by atoms with Crippen molar-refractivity contribution < 1.29 is 14.6 Å². The van der Waals surface area contributed by atoms with Gasteiger partial charge in [0, 0.05) is 6.04 Å². The van der Waals surface area contributed by atoms with Gasteiger partial charge >= 0.3 is 0 Å². The lowest BCUT2D eigenvalue weighted by molar-refractivity contribution is 0.280. The molecule has 0 bridgehead atoms. The zero-order valence-electron chi connectivity index (χ0n) is 12.0. The summed E-state index contributed by atoms with van der Waals surface area (Å²) in [6, 6.07) is 10.6. The van der Waals surface area contributed by atoms with Crippen molar-refractivity contribution in [2.24, 2.45) is 5.73 Å². The van der Waals surface area contributed by atoms with Crippen LogP contribution in [0, 0.1) is 0 Å². The highest BCUT2D eigenvalue weighted by Crippen LogP contribution is 2.36. The highest BCUT2D eigenvalue weighted by Gasteiger charge is 2.11. The lowest BCUT2D eigenvalue weighted by atomic mass is 10.1. The van der Waals surface area contributed by atoms with Crippen molar-refractivity contribution in [3.8, 4) is 17.2 Å². The van der Waals surface area contributed by atoms with Gasteiger partial charge in [0.1, 0.15) is 5.75 Å². The molecule has 0 amide bonds. The van der Waals surface area contributed by atoms with Crippen LogP contribution in [0.4, 0.5) is 0 Å². The Morgan fingerprint density at radius 1 is 1.14 bits per heavy atom. The van der Waals surface area contributed by atoms with Crippen LogP contribution in [-0.2, 0) is 6.61 Å². The highest BCUT2D eigenvalue weighted by molar-refractivity contribution is 6.32. The first-order chi connectivity index (χ1) is 10.0. The van der Waals surface area contributed by atoms with E-state index in [0.29, 0.717) is 22.3 Å². The summed E-state index contributed by atoms with van der Waals surface area (Å²) < 4.78 is 11.0. The second kappa shape index (κ2) is 6.80. The number of hydrogen-bond donors (Lipinski definition) is 2. The molecule has 0 aliphatic rings. The number of halogens is 1. The SMILES string of the molecule is COc1cc(CO)ccc1Oc1ccc([C@@H](C)N)cc1Cl. The van der Waals surface area contributed by atoms with E-state index in [1.807, 2.05) is 13.0 Å². The van der Waals surface area contributed by atoms with E-state index in [1.165, 1.54) is 0 Å². The number of nitrogens with two attached hydrogens (primary N) is 1. The summed E-state index contributed by atoms with van der Waals surface area (Å²) in [5.74, 6) is 1.59. The molecule has 3 N–H and O–H groups in total. The maximum Gasteiger partial charge on any atom is 0.169 e. The van der Waals surface area contributed by atoms with E-state index >= 15 is 0 Å². The van der Waals surface area contributed by atoms with Crippen LogP contribution >= 0.6 is 11.6 Å². The van der Waals surface area contributed by atoms with Gasteiger partial charge in [-0.1, -0.05) is 23.7 Å². The number of benzene rings is 2. The van der Waals surface area contributed by atoms with Crippen molar-refractivity contribution in [2.75, 3.05) is 7.11 Å². The number of hydrogen-bond acceptors (Lipinski definition) is 4. The first kappa shape index (κ1) is 15.6. The number of aliphatic hydroxyl groups is 1. The molecule has 0 aliphatic carbocycles. The maximum absolute atomic E-state index is 9.14. The Morgan fingerprint density at radius 3 is 2.43 bits per heavy atom. The Hall–Kier alpha value is -1.75. The van der Waals surface area contributed by atoms with Gasteiger partial charge in [-0.05, 0) is 42.3 Å². The topological polar surface area (TPSA) is 64.7 Å². The molecular weight excluding hydrogens is 290 g/mol. The van der Waals surface area contributed by atoms with Gasteiger partial charge in [-0.2, -0.15) is 0 Å². The van der Waals surface area contributed by atoms with Crippen molar-refractivity contribution in [3.63, 3.8) is 0 Å². The van der Waals surface area contributed by atoms with Gasteiger partial charge in [0.25, 0.3) is 0 Å². The molecule has 0 radical (unpaired) electrons. The smallest absolute Gasteiger partial charge is 0.169 e. The van der Waals surface area contributed by atoms with E-state index in [-0.39, 0.29) is 12.6 Å². The molecule has 1 atom stereocenters. The molecule has 0 aromatic heterocycles. The Balaban J connectivity index is 2.29. The van der Waals surface area contributed by atoms with Crippen LogP contribution in [0.1, 0.15) is 24.1 Å². The summed E-state index contributed by atoms with van der Waals surface area (Å²) in [6.07, 6.45) is 0. The second-order valence-electron chi connectivity index (χ2n) is 4.72. The summed E-state index contributed by atoms with van der Waals surface area (Å²) in [5.41, 5.74) is 7.51. The molecule has 0 aliphatic heterocycles. The number of methoxy groups -OCH3 is 1.